The molecule has 1 aromatic rings. The van der Waals surface area contributed by atoms with Crippen LogP contribution in [0.3, 0.4) is 0 Å². The van der Waals surface area contributed by atoms with Crippen molar-refractivity contribution < 1.29 is 5.11 Å². The third kappa shape index (κ3) is 3.16. The fraction of sp³-hybridized carbons (Fsp3) is 0.625. The van der Waals surface area contributed by atoms with Gasteiger partial charge in [-0.05, 0) is 54.9 Å². The van der Waals surface area contributed by atoms with Gasteiger partial charge in [-0.3, -0.25) is 0 Å². The van der Waals surface area contributed by atoms with Gasteiger partial charge in [-0.15, -0.1) is 0 Å². The molecule has 0 aliphatic heterocycles. The van der Waals surface area contributed by atoms with Gasteiger partial charge < -0.3 is 5.11 Å². The molecule has 1 fully saturated rings. The Bertz CT molecular complexity index is 402. The van der Waals surface area contributed by atoms with Gasteiger partial charge in [0.2, 0.25) is 0 Å². The van der Waals surface area contributed by atoms with Crippen molar-refractivity contribution >= 4 is 15.9 Å². The minimum Gasteiger partial charge on any atom is -0.388 e. The Kier molecular flexibility index (Phi) is 4.85. The molecule has 0 saturated heterocycles. The molecule has 0 heterocycles. The van der Waals surface area contributed by atoms with Gasteiger partial charge in [-0.25, -0.2) is 0 Å². The van der Waals surface area contributed by atoms with E-state index in [-0.39, 0.29) is 6.10 Å². The van der Waals surface area contributed by atoms with Gasteiger partial charge in [0, 0.05) is 4.47 Å². The number of aryl methyl sites for hydroxylation is 1. The highest BCUT2D eigenvalue weighted by Crippen LogP contribution is 2.39. The van der Waals surface area contributed by atoms with Crippen LogP contribution in [0.5, 0.6) is 0 Å². The molecule has 18 heavy (non-hydrogen) atoms. The van der Waals surface area contributed by atoms with Crippen molar-refractivity contribution in [3.05, 3.63) is 33.8 Å². The normalized spacial score (nSPS) is 26.0. The van der Waals surface area contributed by atoms with E-state index in [1.54, 1.807) is 0 Å². The molecule has 2 heteroatoms. The molecule has 1 nitrogen and oxygen atoms in total. The topological polar surface area (TPSA) is 20.2 Å². The predicted octanol–water partition coefficient (Wildman–Crippen LogP) is 5.01. The molecule has 0 bridgehead atoms. The van der Waals surface area contributed by atoms with Crippen LogP contribution in [-0.2, 0) is 0 Å². The van der Waals surface area contributed by atoms with E-state index in [4.69, 9.17) is 0 Å². The Morgan fingerprint density at radius 3 is 2.83 bits per heavy atom. The summed E-state index contributed by atoms with van der Waals surface area (Å²) in [6.07, 6.45) is 5.95. The van der Waals surface area contributed by atoms with E-state index >= 15 is 0 Å². The maximum atomic E-state index is 10.6. The smallest absolute Gasteiger partial charge is 0.0820 e. The average Bonchev–Trinajstić information content (AvgIpc) is 2.38. The molecule has 3 atom stereocenters. The second-order valence-electron chi connectivity index (χ2n) is 5.65. The zero-order chi connectivity index (χ0) is 13.1. The van der Waals surface area contributed by atoms with E-state index in [9.17, 15) is 5.11 Å². The number of halogens is 1. The highest BCUT2D eigenvalue weighted by Gasteiger charge is 2.28. The Morgan fingerprint density at radius 2 is 2.17 bits per heavy atom. The minimum absolute atomic E-state index is 0.285. The molecule has 1 aromatic carbocycles. The Balaban J connectivity index is 2.12. The average molecular weight is 311 g/mol. The fourth-order valence-electron chi connectivity index (χ4n) is 3.22. The zero-order valence-corrected chi connectivity index (χ0v) is 12.9. The third-order valence-corrected chi connectivity index (χ3v) is 4.89. The third-order valence-electron chi connectivity index (χ3n) is 4.40. The van der Waals surface area contributed by atoms with Crippen LogP contribution < -0.4 is 0 Å². The van der Waals surface area contributed by atoms with Gasteiger partial charge in [-0.1, -0.05) is 48.2 Å². The Labute approximate surface area is 119 Å². The lowest BCUT2D eigenvalue weighted by Gasteiger charge is -2.32. The van der Waals surface area contributed by atoms with E-state index in [0.29, 0.717) is 5.92 Å². The molecule has 1 saturated carbocycles. The van der Waals surface area contributed by atoms with Crippen molar-refractivity contribution in [1.29, 1.82) is 0 Å². The van der Waals surface area contributed by atoms with Crippen molar-refractivity contribution in [2.24, 2.45) is 11.8 Å². The van der Waals surface area contributed by atoms with E-state index in [0.717, 1.165) is 16.0 Å². The van der Waals surface area contributed by atoms with Crippen LogP contribution in [0.15, 0.2) is 22.7 Å². The maximum absolute atomic E-state index is 10.6. The van der Waals surface area contributed by atoms with Crippen LogP contribution in [0.4, 0.5) is 0 Å². The van der Waals surface area contributed by atoms with E-state index in [1.165, 1.54) is 37.7 Å². The van der Waals surface area contributed by atoms with E-state index < -0.39 is 0 Å². The first kappa shape index (κ1) is 14.1. The van der Waals surface area contributed by atoms with E-state index in [2.05, 4.69) is 41.9 Å². The second kappa shape index (κ2) is 6.21. The highest BCUT2D eigenvalue weighted by atomic mass is 79.9. The summed E-state index contributed by atoms with van der Waals surface area (Å²) < 4.78 is 1.09. The molecule has 0 spiro atoms. The number of hydrogen-bond donors (Lipinski definition) is 1. The number of benzene rings is 1. The van der Waals surface area contributed by atoms with Crippen LogP contribution >= 0.6 is 15.9 Å². The summed E-state index contributed by atoms with van der Waals surface area (Å²) in [6, 6.07) is 6.20. The number of rotatable bonds is 3. The number of hydrogen-bond acceptors (Lipinski definition) is 1. The fourth-order valence-corrected chi connectivity index (χ4v) is 3.69. The summed E-state index contributed by atoms with van der Waals surface area (Å²) in [6.45, 7) is 4.35. The molecule has 1 aliphatic carbocycles. The van der Waals surface area contributed by atoms with Crippen LogP contribution in [0.25, 0.3) is 0 Å². The lowest BCUT2D eigenvalue weighted by atomic mass is 9.76. The first-order chi connectivity index (χ1) is 8.61. The van der Waals surface area contributed by atoms with Crippen LogP contribution in [0.2, 0.25) is 0 Å². The van der Waals surface area contributed by atoms with Crippen LogP contribution in [0, 0.1) is 18.8 Å². The van der Waals surface area contributed by atoms with Crippen molar-refractivity contribution in [2.75, 3.05) is 0 Å². The summed E-state index contributed by atoms with van der Waals surface area (Å²) in [5, 5.41) is 10.6. The zero-order valence-electron chi connectivity index (χ0n) is 11.3. The molecule has 0 radical (unpaired) electrons. The molecule has 0 aromatic heterocycles. The molecule has 1 aliphatic rings. The number of aliphatic hydroxyl groups is 1. The molecule has 100 valence electrons. The first-order valence-electron chi connectivity index (χ1n) is 7.06. The van der Waals surface area contributed by atoms with Crippen LogP contribution in [0.1, 0.15) is 56.3 Å². The molecule has 3 unspecified atom stereocenters. The summed E-state index contributed by atoms with van der Waals surface area (Å²) in [5.41, 5.74) is 2.30. The van der Waals surface area contributed by atoms with Crippen molar-refractivity contribution in [1.82, 2.24) is 0 Å². The van der Waals surface area contributed by atoms with Gasteiger partial charge >= 0.3 is 0 Å². The van der Waals surface area contributed by atoms with Gasteiger partial charge in [0.15, 0.2) is 0 Å². The summed E-state index contributed by atoms with van der Waals surface area (Å²) >= 11 is 3.48. The van der Waals surface area contributed by atoms with Gasteiger partial charge in [0.05, 0.1) is 6.10 Å². The van der Waals surface area contributed by atoms with Crippen molar-refractivity contribution in [2.45, 2.75) is 52.1 Å². The summed E-state index contributed by atoms with van der Waals surface area (Å²) in [4.78, 5) is 0. The van der Waals surface area contributed by atoms with Gasteiger partial charge in [-0.2, -0.15) is 0 Å². The summed E-state index contributed by atoms with van der Waals surface area (Å²) in [7, 11) is 0. The monoisotopic (exact) mass is 310 g/mol. The molecule has 2 rings (SSSR count). The predicted molar refractivity (Wildman–Crippen MR) is 79.6 cm³/mol. The minimum atomic E-state index is -0.285. The molecular weight excluding hydrogens is 288 g/mol. The van der Waals surface area contributed by atoms with Gasteiger partial charge in [0.1, 0.15) is 0 Å². The standard InChI is InChI=1S/C16H23BrO/c1-3-12-5-4-6-13(10-12)16(18)15-8-7-14(17)9-11(15)2/h7-9,12-13,16,18H,3-6,10H2,1-2H3. The summed E-state index contributed by atoms with van der Waals surface area (Å²) in [5.74, 6) is 1.26. The molecular formula is C16H23BrO. The number of aliphatic hydroxyl groups excluding tert-OH is 1. The lowest BCUT2D eigenvalue weighted by molar-refractivity contribution is 0.0673. The molecule has 0 amide bonds. The van der Waals surface area contributed by atoms with E-state index in [1.807, 2.05) is 6.07 Å². The van der Waals surface area contributed by atoms with Crippen molar-refractivity contribution in [3.63, 3.8) is 0 Å². The maximum Gasteiger partial charge on any atom is 0.0820 e. The lowest BCUT2D eigenvalue weighted by Crippen LogP contribution is -2.21. The SMILES string of the molecule is CCC1CCCC(C(O)c2ccc(Br)cc2C)C1. The quantitative estimate of drug-likeness (QED) is 0.832. The Hall–Kier alpha value is -0.340. The Morgan fingerprint density at radius 1 is 1.39 bits per heavy atom. The first-order valence-corrected chi connectivity index (χ1v) is 7.85. The highest BCUT2D eigenvalue weighted by molar-refractivity contribution is 9.10. The largest absolute Gasteiger partial charge is 0.388 e. The van der Waals surface area contributed by atoms with Gasteiger partial charge in [0.25, 0.3) is 0 Å². The second-order valence-corrected chi connectivity index (χ2v) is 6.56. The molecule has 1 N–H and O–H groups in total. The van der Waals surface area contributed by atoms with Crippen molar-refractivity contribution in [3.8, 4) is 0 Å². The van der Waals surface area contributed by atoms with Crippen LogP contribution in [-0.4, -0.2) is 5.11 Å².